The molecule has 3 aromatic carbocycles. The van der Waals surface area contributed by atoms with Crippen molar-refractivity contribution in [3.63, 3.8) is 0 Å². The summed E-state index contributed by atoms with van der Waals surface area (Å²) in [7, 11) is 0. The molecule has 2 heterocycles. The van der Waals surface area contributed by atoms with E-state index >= 15 is 0 Å². The number of ether oxygens (including phenoxy) is 1. The Hall–Kier alpha value is -3.18. The molecule has 0 saturated heterocycles. The third-order valence-corrected chi connectivity index (χ3v) is 7.52. The fraction of sp³-hybridized carbons (Fsp3) is 0.115. The summed E-state index contributed by atoms with van der Waals surface area (Å²) in [5.74, 6) is 0.478. The summed E-state index contributed by atoms with van der Waals surface area (Å²) in [5, 5.41) is 9.67. The first-order valence-electron chi connectivity index (χ1n) is 10.4. The molecule has 0 amide bonds. The van der Waals surface area contributed by atoms with Gasteiger partial charge >= 0.3 is 0 Å². The summed E-state index contributed by atoms with van der Waals surface area (Å²) in [4.78, 5) is 18.5. The Bertz CT molecular complexity index is 1730. The zero-order valence-corrected chi connectivity index (χ0v) is 21.4. The summed E-state index contributed by atoms with van der Waals surface area (Å²) in [6.07, 6.45) is 1.81. The highest BCUT2D eigenvalue weighted by Gasteiger charge is 2.14. The van der Waals surface area contributed by atoms with Gasteiger partial charge in [0, 0.05) is 5.56 Å². The number of nitrogens with zero attached hydrogens (tertiary/aromatic N) is 3. The van der Waals surface area contributed by atoms with Crippen LogP contribution in [0.4, 0.5) is 0 Å². The van der Waals surface area contributed by atoms with Crippen molar-refractivity contribution in [1.29, 1.82) is 5.26 Å². The van der Waals surface area contributed by atoms with E-state index in [1.165, 1.54) is 11.3 Å². The molecule has 2 aromatic heterocycles. The Labute approximate surface area is 212 Å². The maximum absolute atomic E-state index is 13.2. The highest BCUT2D eigenvalue weighted by atomic mass is 79.9. The second-order valence-electron chi connectivity index (χ2n) is 7.94. The van der Waals surface area contributed by atoms with Crippen LogP contribution in [0.3, 0.4) is 0 Å². The summed E-state index contributed by atoms with van der Waals surface area (Å²) in [6.45, 7) is 4.28. The minimum atomic E-state index is -0.105. The highest BCUT2D eigenvalue weighted by molar-refractivity contribution is 9.10. The molecule has 0 fully saturated rings. The Morgan fingerprint density at radius 3 is 2.74 bits per heavy atom. The quantitative estimate of drug-likeness (QED) is 0.278. The molecule has 5 rings (SSSR count). The van der Waals surface area contributed by atoms with Gasteiger partial charge in [0.15, 0.2) is 10.7 Å². The van der Waals surface area contributed by atoms with Gasteiger partial charge in [-0.05, 0) is 82.9 Å². The lowest BCUT2D eigenvalue weighted by Gasteiger charge is -2.12. The number of hydrogen-bond donors (Lipinski definition) is 0. The van der Waals surface area contributed by atoms with Crippen molar-refractivity contribution < 1.29 is 4.74 Å². The van der Waals surface area contributed by atoms with Crippen LogP contribution in [0.2, 0.25) is 5.02 Å². The number of fused-ring (bicyclic) bond motifs is 3. The largest absolute Gasteiger partial charge is 0.486 e. The van der Waals surface area contributed by atoms with Crippen LogP contribution in [0.1, 0.15) is 27.8 Å². The fourth-order valence-electron chi connectivity index (χ4n) is 3.78. The molecule has 0 spiro atoms. The zero-order valence-electron chi connectivity index (χ0n) is 18.2. The lowest BCUT2D eigenvalue weighted by atomic mass is 10.1. The highest BCUT2D eigenvalue weighted by Crippen LogP contribution is 2.35. The van der Waals surface area contributed by atoms with Gasteiger partial charge in [0.2, 0.25) is 0 Å². The van der Waals surface area contributed by atoms with Crippen molar-refractivity contribution in [3.8, 4) is 11.8 Å². The van der Waals surface area contributed by atoms with Gasteiger partial charge in [-0.15, -0.1) is 0 Å². The number of halogens is 2. The van der Waals surface area contributed by atoms with E-state index in [0.717, 1.165) is 33.3 Å². The first-order valence-corrected chi connectivity index (χ1v) is 12.4. The van der Waals surface area contributed by atoms with Crippen molar-refractivity contribution in [3.05, 3.63) is 101 Å². The van der Waals surface area contributed by atoms with Crippen molar-refractivity contribution in [2.45, 2.75) is 20.5 Å². The van der Waals surface area contributed by atoms with E-state index in [9.17, 15) is 10.1 Å². The third-order valence-electron chi connectivity index (χ3n) is 5.68. The lowest BCUT2D eigenvalue weighted by molar-refractivity contribution is 0.304. The van der Waals surface area contributed by atoms with Crippen LogP contribution < -0.4 is 14.8 Å². The van der Waals surface area contributed by atoms with Crippen LogP contribution in [-0.4, -0.2) is 9.38 Å². The summed E-state index contributed by atoms with van der Waals surface area (Å²) in [5.41, 5.74) is 5.90. The van der Waals surface area contributed by atoms with Gasteiger partial charge in [-0.1, -0.05) is 41.1 Å². The van der Waals surface area contributed by atoms with E-state index in [1.807, 2.05) is 50.2 Å². The fourth-order valence-corrected chi connectivity index (χ4v) is 5.75. The Kier molecular flexibility index (Phi) is 5.90. The molecule has 0 unspecified atom stereocenters. The second-order valence-corrected chi connectivity index (χ2v) is 10.2. The van der Waals surface area contributed by atoms with E-state index in [-0.39, 0.29) is 12.2 Å². The topological polar surface area (TPSA) is 67.4 Å². The molecule has 8 heteroatoms. The maximum Gasteiger partial charge on any atom is 0.274 e. The van der Waals surface area contributed by atoms with Crippen LogP contribution >= 0.6 is 38.9 Å². The third kappa shape index (κ3) is 3.98. The van der Waals surface area contributed by atoms with Gasteiger partial charge < -0.3 is 4.74 Å². The normalized spacial score (nSPS) is 11.9. The van der Waals surface area contributed by atoms with Crippen molar-refractivity contribution >= 4 is 60.9 Å². The molecular weight excluding hydrogens is 534 g/mol. The van der Waals surface area contributed by atoms with E-state index in [0.29, 0.717) is 30.3 Å². The van der Waals surface area contributed by atoms with Gasteiger partial charge in [0.1, 0.15) is 6.61 Å². The summed E-state index contributed by atoms with van der Waals surface area (Å²) in [6, 6.07) is 17.1. The van der Waals surface area contributed by atoms with Crippen LogP contribution in [0.15, 0.2) is 57.8 Å². The smallest absolute Gasteiger partial charge is 0.274 e. The molecule has 0 bridgehead atoms. The molecule has 0 aliphatic heterocycles. The first-order chi connectivity index (χ1) is 16.4. The van der Waals surface area contributed by atoms with Gasteiger partial charge in [-0.25, -0.2) is 9.38 Å². The minimum absolute atomic E-state index is 0.105. The van der Waals surface area contributed by atoms with E-state index in [1.54, 1.807) is 22.6 Å². The molecule has 5 nitrogen and oxygen atoms in total. The van der Waals surface area contributed by atoms with Crippen LogP contribution in [0, 0.1) is 25.2 Å². The lowest BCUT2D eigenvalue weighted by Crippen LogP contribution is -2.22. The monoisotopic (exact) mass is 549 g/mol. The van der Waals surface area contributed by atoms with Crippen molar-refractivity contribution in [1.82, 2.24) is 9.38 Å². The first kappa shape index (κ1) is 22.6. The second kappa shape index (κ2) is 8.88. The average molecular weight is 551 g/mol. The van der Waals surface area contributed by atoms with E-state index in [2.05, 4.69) is 27.0 Å². The van der Waals surface area contributed by atoms with E-state index < -0.39 is 0 Å². The van der Waals surface area contributed by atoms with Crippen molar-refractivity contribution in [2.75, 3.05) is 0 Å². The summed E-state index contributed by atoms with van der Waals surface area (Å²) < 4.78 is 8.81. The van der Waals surface area contributed by atoms with Gasteiger partial charge in [0.25, 0.3) is 5.56 Å². The Morgan fingerprint density at radius 2 is 1.97 bits per heavy atom. The molecule has 34 heavy (non-hydrogen) atoms. The Balaban J connectivity index is 1.51. The molecule has 5 aromatic rings. The molecule has 0 aliphatic rings. The number of rotatable bonds is 4. The van der Waals surface area contributed by atoms with Crippen LogP contribution in [0.25, 0.3) is 22.1 Å². The summed E-state index contributed by atoms with van der Waals surface area (Å²) >= 11 is 11.4. The number of aryl methyl sites for hydroxylation is 2. The number of aromatic nitrogens is 2. The van der Waals surface area contributed by atoms with E-state index in [4.69, 9.17) is 16.3 Å². The van der Waals surface area contributed by atoms with Crippen molar-refractivity contribution in [2.24, 2.45) is 0 Å². The number of hydrogen-bond acceptors (Lipinski definition) is 5. The SMILES string of the molecule is Cc1cc2nc3s/c(=C\c4cc(Cl)c(OCc5ccccc5C#N)c(Br)c4)c(=O)n3c2cc1C. The van der Waals surface area contributed by atoms with Crippen LogP contribution in [-0.2, 0) is 6.61 Å². The number of benzene rings is 3. The Morgan fingerprint density at radius 1 is 1.21 bits per heavy atom. The van der Waals surface area contributed by atoms with Gasteiger partial charge in [-0.3, -0.25) is 4.79 Å². The number of imidazole rings is 1. The minimum Gasteiger partial charge on any atom is -0.486 e. The molecule has 0 saturated carbocycles. The predicted octanol–water partition coefficient (Wildman–Crippen LogP) is 5.94. The van der Waals surface area contributed by atoms with Gasteiger partial charge in [0.05, 0.1) is 36.7 Å². The molecule has 0 N–H and O–H groups in total. The molecule has 0 radical (unpaired) electrons. The molecule has 0 atom stereocenters. The average Bonchev–Trinajstić information content (AvgIpc) is 3.29. The predicted molar refractivity (Wildman–Crippen MR) is 140 cm³/mol. The molecular formula is C26H17BrClN3O2S. The maximum atomic E-state index is 13.2. The van der Waals surface area contributed by atoms with Crippen LogP contribution in [0.5, 0.6) is 5.75 Å². The zero-order chi connectivity index (χ0) is 24.0. The molecule has 168 valence electrons. The standard InChI is InChI=1S/C26H17BrClN3O2S/c1-14-7-21-22(8-15(14)2)31-25(32)23(34-26(31)30-21)11-16-9-19(27)24(20(28)10-16)33-13-18-6-4-3-5-17(18)12-29/h3-11H,13H2,1-2H3/b23-11-. The number of nitriles is 1. The molecule has 0 aliphatic carbocycles. The van der Waals surface area contributed by atoms with Gasteiger partial charge in [-0.2, -0.15) is 5.26 Å². The number of thiazole rings is 1.